The van der Waals surface area contributed by atoms with Gasteiger partial charge in [-0.1, -0.05) is 26.7 Å². The first-order valence-corrected chi connectivity index (χ1v) is 8.09. The number of aliphatic carboxylic acids is 1. The van der Waals surface area contributed by atoms with Crippen LogP contribution in [0, 0.1) is 11.3 Å². The van der Waals surface area contributed by atoms with E-state index in [4.69, 9.17) is 4.74 Å². The van der Waals surface area contributed by atoms with Crippen LogP contribution in [0.4, 0.5) is 0 Å². The van der Waals surface area contributed by atoms with E-state index in [-0.39, 0.29) is 0 Å². The SMILES string of the molecule is CC(C)CN(CC1(C(=O)O)CCCOC1)C1CCCC1. The molecule has 1 N–H and O–H groups in total. The molecule has 116 valence electrons. The number of hydrogen-bond donors (Lipinski definition) is 1. The zero-order valence-corrected chi connectivity index (χ0v) is 12.9. The number of ether oxygens (including phenoxy) is 1. The Morgan fingerprint density at radius 1 is 1.35 bits per heavy atom. The highest BCUT2D eigenvalue weighted by molar-refractivity contribution is 5.75. The molecule has 1 aliphatic carbocycles. The van der Waals surface area contributed by atoms with Crippen LogP contribution in [0.1, 0.15) is 52.4 Å². The van der Waals surface area contributed by atoms with Gasteiger partial charge in [0.25, 0.3) is 0 Å². The van der Waals surface area contributed by atoms with E-state index in [0.717, 1.165) is 19.4 Å². The Bertz CT molecular complexity index is 318. The zero-order valence-electron chi connectivity index (χ0n) is 12.9. The van der Waals surface area contributed by atoms with Crippen molar-refractivity contribution in [2.45, 2.75) is 58.4 Å². The largest absolute Gasteiger partial charge is 0.481 e. The molecule has 0 aromatic rings. The van der Waals surface area contributed by atoms with Gasteiger partial charge in [0.2, 0.25) is 0 Å². The highest BCUT2D eigenvalue weighted by Gasteiger charge is 2.43. The maximum absolute atomic E-state index is 11.8. The van der Waals surface area contributed by atoms with E-state index in [1.54, 1.807) is 0 Å². The van der Waals surface area contributed by atoms with Crippen LogP contribution in [0.5, 0.6) is 0 Å². The van der Waals surface area contributed by atoms with Crippen molar-refractivity contribution in [2.24, 2.45) is 11.3 Å². The zero-order chi connectivity index (χ0) is 14.6. The summed E-state index contributed by atoms with van der Waals surface area (Å²) in [5.74, 6) is -0.102. The highest BCUT2D eigenvalue weighted by Crippen LogP contribution is 2.33. The summed E-state index contributed by atoms with van der Waals surface area (Å²) < 4.78 is 5.51. The normalized spacial score (nSPS) is 28.4. The van der Waals surface area contributed by atoms with Gasteiger partial charge in [-0.25, -0.2) is 0 Å². The number of rotatable bonds is 6. The third-order valence-corrected chi connectivity index (χ3v) is 4.72. The molecule has 4 heteroatoms. The Balaban J connectivity index is 2.08. The van der Waals surface area contributed by atoms with E-state index in [1.807, 2.05) is 0 Å². The lowest BCUT2D eigenvalue weighted by atomic mass is 9.81. The fourth-order valence-electron chi connectivity index (χ4n) is 3.68. The summed E-state index contributed by atoms with van der Waals surface area (Å²) in [5, 5.41) is 9.71. The van der Waals surface area contributed by atoms with Crippen LogP contribution in [0.15, 0.2) is 0 Å². The molecule has 1 saturated carbocycles. The fraction of sp³-hybridized carbons (Fsp3) is 0.938. The van der Waals surface area contributed by atoms with Crippen LogP contribution < -0.4 is 0 Å². The first-order chi connectivity index (χ1) is 9.53. The topological polar surface area (TPSA) is 49.8 Å². The van der Waals surface area contributed by atoms with Crippen LogP contribution in [0.25, 0.3) is 0 Å². The Kier molecular flexibility index (Phi) is 5.44. The summed E-state index contributed by atoms with van der Waals surface area (Å²) in [4.78, 5) is 14.3. The van der Waals surface area contributed by atoms with E-state index >= 15 is 0 Å². The van der Waals surface area contributed by atoms with Gasteiger partial charge in [-0.15, -0.1) is 0 Å². The van der Waals surface area contributed by atoms with E-state index in [2.05, 4.69) is 18.7 Å². The summed E-state index contributed by atoms with van der Waals surface area (Å²) in [6.45, 7) is 7.18. The molecule has 1 aliphatic heterocycles. The maximum Gasteiger partial charge on any atom is 0.313 e. The van der Waals surface area contributed by atoms with Crippen molar-refractivity contribution in [3.8, 4) is 0 Å². The monoisotopic (exact) mass is 283 g/mol. The van der Waals surface area contributed by atoms with Crippen molar-refractivity contribution < 1.29 is 14.6 Å². The average molecular weight is 283 g/mol. The lowest BCUT2D eigenvalue weighted by Crippen LogP contribution is -2.51. The highest BCUT2D eigenvalue weighted by atomic mass is 16.5. The van der Waals surface area contributed by atoms with E-state index in [9.17, 15) is 9.90 Å². The van der Waals surface area contributed by atoms with Gasteiger partial charge in [-0.3, -0.25) is 9.69 Å². The first-order valence-electron chi connectivity index (χ1n) is 8.09. The molecule has 20 heavy (non-hydrogen) atoms. The molecule has 4 nitrogen and oxygen atoms in total. The predicted octanol–water partition coefficient (Wildman–Crippen LogP) is 2.77. The minimum absolute atomic E-state index is 0.379. The molecule has 0 amide bonds. The Labute approximate surface area is 122 Å². The molecule has 2 fully saturated rings. The Morgan fingerprint density at radius 3 is 2.55 bits per heavy atom. The van der Waals surface area contributed by atoms with Crippen molar-refractivity contribution in [1.82, 2.24) is 4.90 Å². The van der Waals surface area contributed by atoms with Crippen molar-refractivity contribution in [3.05, 3.63) is 0 Å². The van der Waals surface area contributed by atoms with E-state index in [0.29, 0.717) is 31.7 Å². The van der Waals surface area contributed by atoms with Gasteiger partial charge >= 0.3 is 5.97 Å². The fourth-order valence-corrected chi connectivity index (χ4v) is 3.68. The third kappa shape index (κ3) is 3.73. The quantitative estimate of drug-likeness (QED) is 0.814. The average Bonchev–Trinajstić information content (AvgIpc) is 2.92. The summed E-state index contributed by atoms with van der Waals surface area (Å²) in [5.41, 5.74) is -0.685. The van der Waals surface area contributed by atoms with Crippen LogP contribution in [0.3, 0.4) is 0 Å². The second kappa shape index (κ2) is 6.90. The Hall–Kier alpha value is -0.610. The minimum atomic E-state index is -0.685. The molecular weight excluding hydrogens is 254 g/mol. The van der Waals surface area contributed by atoms with Gasteiger partial charge in [-0.05, 0) is 31.6 Å². The smallest absolute Gasteiger partial charge is 0.313 e. The summed E-state index contributed by atoms with van der Waals surface area (Å²) in [7, 11) is 0. The van der Waals surface area contributed by atoms with Crippen molar-refractivity contribution in [3.63, 3.8) is 0 Å². The molecule has 2 aliphatic rings. The van der Waals surface area contributed by atoms with Crippen molar-refractivity contribution >= 4 is 5.97 Å². The third-order valence-electron chi connectivity index (χ3n) is 4.72. The van der Waals surface area contributed by atoms with Crippen LogP contribution in [-0.4, -0.2) is 48.3 Å². The molecule has 0 bridgehead atoms. The maximum atomic E-state index is 11.8. The van der Waals surface area contributed by atoms with Crippen molar-refractivity contribution in [2.75, 3.05) is 26.3 Å². The number of carboxylic acid groups (broad SMARTS) is 1. The number of carboxylic acids is 1. The molecule has 2 rings (SSSR count). The van der Waals surface area contributed by atoms with Gasteiger partial charge in [0, 0.05) is 25.7 Å². The number of nitrogens with zero attached hydrogens (tertiary/aromatic N) is 1. The molecule has 1 atom stereocenters. The molecule has 0 aromatic heterocycles. The van der Waals surface area contributed by atoms with Crippen molar-refractivity contribution in [1.29, 1.82) is 0 Å². The minimum Gasteiger partial charge on any atom is -0.481 e. The van der Waals surface area contributed by atoms with Gasteiger partial charge in [0.05, 0.1) is 6.61 Å². The number of hydrogen-bond acceptors (Lipinski definition) is 3. The first kappa shape index (κ1) is 15.8. The van der Waals surface area contributed by atoms with Gasteiger partial charge in [0.1, 0.15) is 5.41 Å². The summed E-state index contributed by atoms with van der Waals surface area (Å²) in [6, 6.07) is 0.579. The Morgan fingerprint density at radius 2 is 2.05 bits per heavy atom. The standard InChI is InChI=1S/C16H29NO3/c1-13(2)10-17(14-6-3-4-7-14)11-16(15(18)19)8-5-9-20-12-16/h13-14H,3-12H2,1-2H3,(H,18,19). The van der Waals surface area contributed by atoms with Crippen LogP contribution >= 0.6 is 0 Å². The van der Waals surface area contributed by atoms with Crippen LogP contribution in [0.2, 0.25) is 0 Å². The lowest BCUT2D eigenvalue weighted by molar-refractivity contribution is -0.160. The van der Waals surface area contributed by atoms with Gasteiger partial charge in [0.15, 0.2) is 0 Å². The predicted molar refractivity (Wildman–Crippen MR) is 78.8 cm³/mol. The molecule has 0 spiro atoms. The molecule has 0 radical (unpaired) electrons. The second-order valence-corrected chi connectivity index (χ2v) is 7.00. The van der Waals surface area contributed by atoms with E-state index in [1.165, 1.54) is 25.7 Å². The lowest BCUT2D eigenvalue weighted by Gasteiger charge is -2.40. The van der Waals surface area contributed by atoms with Gasteiger partial charge in [-0.2, -0.15) is 0 Å². The molecule has 1 saturated heterocycles. The molecule has 1 unspecified atom stereocenters. The summed E-state index contributed by atoms with van der Waals surface area (Å²) >= 11 is 0. The van der Waals surface area contributed by atoms with E-state index < -0.39 is 11.4 Å². The summed E-state index contributed by atoms with van der Waals surface area (Å²) in [6.07, 6.45) is 6.65. The number of carbonyl (C=O) groups is 1. The molecule has 0 aromatic carbocycles. The second-order valence-electron chi connectivity index (χ2n) is 7.00. The van der Waals surface area contributed by atoms with Crippen LogP contribution in [-0.2, 0) is 9.53 Å². The molecular formula is C16H29NO3. The van der Waals surface area contributed by atoms with Gasteiger partial charge < -0.3 is 9.84 Å². The molecule has 1 heterocycles.